The number of rotatable bonds is 4. The Balaban J connectivity index is 1.94. The molecule has 2 aromatic rings. The van der Waals surface area contributed by atoms with Gasteiger partial charge in [0.1, 0.15) is 5.75 Å². The van der Waals surface area contributed by atoms with Crippen molar-refractivity contribution >= 4 is 34.8 Å². The van der Waals surface area contributed by atoms with Gasteiger partial charge in [0.15, 0.2) is 6.61 Å². The van der Waals surface area contributed by atoms with Gasteiger partial charge in [-0.1, -0.05) is 35.3 Å². The Morgan fingerprint density at radius 2 is 1.90 bits per heavy atom. The highest BCUT2D eigenvalue weighted by Gasteiger charge is 2.06. The van der Waals surface area contributed by atoms with Crippen molar-refractivity contribution in [2.75, 3.05) is 11.9 Å². The lowest BCUT2D eigenvalue weighted by molar-refractivity contribution is -0.118. The topological polar surface area (TPSA) is 38.3 Å². The molecule has 2 aromatic carbocycles. The molecule has 20 heavy (non-hydrogen) atoms. The maximum Gasteiger partial charge on any atom is 0.262 e. The minimum Gasteiger partial charge on any atom is -0.484 e. The molecule has 1 N–H and O–H groups in total. The van der Waals surface area contributed by atoms with Gasteiger partial charge in [0.05, 0.1) is 0 Å². The highest BCUT2D eigenvalue weighted by molar-refractivity contribution is 6.31. The number of anilines is 1. The van der Waals surface area contributed by atoms with Crippen molar-refractivity contribution in [3.05, 3.63) is 58.1 Å². The van der Waals surface area contributed by atoms with Crippen LogP contribution in [0.5, 0.6) is 5.75 Å². The van der Waals surface area contributed by atoms with Crippen LogP contribution in [0.3, 0.4) is 0 Å². The number of amides is 1. The van der Waals surface area contributed by atoms with Gasteiger partial charge in [0.25, 0.3) is 5.91 Å². The summed E-state index contributed by atoms with van der Waals surface area (Å²) >= 11 is 11.7. The lowest BCUT2D eigenvalue weighted by atomic mass is 10.2. The number of carbonyl (C=O) groups is 1. The van der Waals surface area contributed by atoms with Crippen LogP contribution < -0.4 is 10.1 Å². The van der Waals surface area contributed by atoms with Crippen molar-refractivity contribution in [1.82, 2.24) is 0 Å². The monoisotopic (exact) mass is 309 g/mol. The van der Waals surface area contributed by atoms with Crippen LogP contribution in [0.4, 0.5) is 5.69 Å². The third kappa shape index (κ3) is 4.15. The molecule has 0 saturated heterocycles. The minimum absolute atomic E-state index is 0.0910. The summed E-state index contributed by atoms with van der Waals surface area (Å²) in [5.74, 6) is 0.297. The van der Waals surface area contributed by atoms with Crippen LogP contribution in [0.2, 0.25) is 10.0 Å². The third-order valence-electron chi connectivity index (χ3n) is 2.64. The van der Waals surface area contributed by atoms with Gasteiger partial charge < -0.3 is 10.1 Å². The molecule has 0 aliphatic heterocycles. The second-order valence-corrected chi connectivity index (χ2v) is 5.13. The van der Waals surface area contributed by atoms with E-state index in [2.05, 4.69) is 5.32 Å². The average Bonchev–Trinajstić information content (AvgIpc) is 2.41. The second kappa shape index (κ2) is 6.64. The van der Waals surface area contributed by atoms with Crippen LogP contribution in [-0.4, -0.2) is 12.5 Å². The first-order valence-corrected chi connectivity index (χ1v) is 6.74. The van der Waals surface area contributed by atoms with Crippen LogP contribution in [0.15, 0.2) is 42.5 Å². The van der Waals surface area contributed by atoms with Gasteiger partial charge in [0, 0.05) is 15.7 Å². The van der Waals surface area contributed by atoms with Crippen LogP contribution in [-0.2, 0) is 4.79 Å². The number of halogens is 2. The van der Waals surface area contributed by atoms with Gasteiger partial charge in [-0.05, 0) is 42.8 Å². The Morgan fingerprint density at radius 3 is 2.65 bits per heavy atom. The molecule has 0 aliphatic carbocycles. The Kier molecular flexibility index (Phi) is 4.88. The fourth-order valence-electron chi connectivity index (χ4n) is 1.62. The van der Waals surface area contributed by atoms with Crippen molar-refractivity contribution in [2.45, 2.75) is 6.92 Å². The van der Waals surface area contributed by atoms with Crippen LogP contribution in [0, 0.1) is 6.92 Å². The molecule has 5 heteroatoms. The highest BCUT2D eigenvalue weighted by Crippen LogP contribution is 2.20. The van der Waals surface area contributed by atoms with Crippen molar-refractivity contribution in [1.29, 1.82) is 0 Å². The molecule has 0 radical (unpaired) electrons. The molecule has 0 saturated carbocycles. The van der Waals surface area contributed by atoms with Crippen LogP contribution in [0.1, 0.15) is 5.56 Å². The van der Waals surface area contributed by atoms with Gasteiger partial charge in [-0.2, -0.15) is 0 Å². The van der Waals surface area contributed by atoms with Crippen molar-refractivity contribution in [3.8, 4) is 5.75 Å². The second-order valence-electron chi connectivity index (χ2n) is 4.25. The maximum absolute atomic E-state index is 11.8. The number of carbonyl (C=O) groups excluding carboxylic acids is 1. The van der Waals surface area contributed by atoms with E-state index < -0.39 is 0 Å². The molecule has 0 atom stereocenters. The zero-order valence-corrected chi connectivity index (χ0v) is 12.3. The maximum atomic E-state index is 11.8. The predicted octanol–water partition coefficient (Wildman–Crippen LogP) is 4.32. The van der Waals surface area contributed by atoms with Crippen LogP contribution >= 0.6 is 23.2 Å². The third-order valence-corrected chi connectivity index (χ3v) is 3.11. The summed E-state index contributed by atoms with van der Waals surface area (Å²) in [5.41, 5.74) is 1.61. The van der Waals surface area contributed by atoms with E-state index in [0.29, 0.717) is 21.5 Å². The molecule has 0 spiro atoms. The summed E-state index contributed by atoms with van der Waals surface area (Å²) in [6.07, 6.45) is 0. The lowest BCUT2D eigenvalue weighted by Crippen LogP contribution is -2.20. The first-order chi connectivity index (χ1) is 9.54. The lowest BCUT2D eigenvalue weighted by Gasteiger charge is -2.10. The predicted molar refractivity (Wildman–Crippen MR) is 81.8 cm³/mol. The van der Waals surface area contributed by atoms with E-state index in [9.17, 15) is 4.79 Å². The number of aryl methyl sites for hydroxylation is 1. The smallest absolute Gasteiger partial charge is 0.262 e. The molecule has 0 aromatic heterocycles. The van der Waals surface area contributed by atoms with Gasteiger partial charge >= 0.3 is 0 Å². The zero-order chi connectivity index (χ0) is 14.5. The number of nitrogens with one attached hydrogen (secondary N) is 1. The molecule has 104 valence electrons. The van der Waals surface area contributed by atoms with E-state index in [0.717, 1.165) is 5.56 Å². The summed E-state index contributed by atoms with van der Waals surface area (Å²) < 4.78 is 5.36. The standard InChI is InChI=1S/C15H13Cl2NO2/c1-10-5-6-12(17)8-14(10)18-15(19)9-20-13-4-2-3-11(16)7-13/h2-8H,9H2,1H3,(H,18,19). The molecule has 2 rings (SSSR count). The van der Waals surface area contributed by atoms with Gasteiger partial charge in [-0.15, -0.1) is 0 Å². The average molecular weight is 310 g/mol. The Hall–Kier alpha value is -1.71. The molecule has 0 unspecified atom stereocenters. The summed E-state index contributed by atoms with van der Waals surface area (Å²) in [6.45, 7) is 1.80. The first-order valence-electron chi connectivity index (χ1n) is 5.99. The molecule has 3 nitrogen and oxygen atoms in total. The Morgan fingerprint density at radius 1 is 1.15 bits per heavy atom. The Bertz CT molecular complexity index is 629. The quantitative estimate of drug-likeness (QED) is 0.913. The molecular weight excluding hydrogens is 297 g/mol. The molecule has 1 amide bonds. The SMILES string of the molecule is Cc1ccc(Cl)cc1NC(=O)COc1cccc(Cl)c1. The van der Waals surface area contributed by atoms with Crippen molar-refractivity contribution in [2.24, 2.45) is 0 Å². The summed E-state index contributed by atoms with van der Waals surface area (Å²) in [4.78, 5) is 11.8. The number of benzene rings is 2. The number of hydrogen-bond donors (Lipinski definition) is 1. The van der Waals surface area contributed by atoms with E-state index in [1.165, 1.54) is 0 Å². The van der Waals surface area contributed by atoms with E-state index in [4.69, 9.17) is 27.9 Å². The minimum atomic E-state index is -0.254. The molecule has 0 heterocycles. The number of hydrogen-bond acceptors (Lipinski definition) is 2. The van der Waals surface area contributed by atoms with Gasteiger partial charge in [-0.25, -0.2) is 0 Å². The highest BCUT2D eigenvalue weighted by atomic mass is 35.5. The molecule has 0 aliphatic rings. The zero-order valence-electron chi connectivity index (χ0n) is 10.8. The van der Waals surface area contributed by atoms with E-state index >= 15 is 0 Å². The van der Waals surface area contributed by atoms with E-state index in [1.54, 1.807) is 36.4 Å². The van der Waals surface area contributed by atoms with Gasteiger partial charge in [0.2, 0.25) is 0 Å². The van der Waals surface area contributed by atoms with Crippen molar-refractivity contribution < 1.29 is 9.53 Å². The largest absolute Gasteiger partial charge is 0.484 e. The van der Waals surface area contributed by atoms with Crippen LogP contribution in [0.25, 0.3) is 0 Å². The van der Waals surface area contributed by atoms with Gasteiger partial charge in [-0.3, -0.25) is 4.79 Å². The normalized spacial score (nSPS) is 10.2. The van der Waals surface area contributed by atoms with E-state index in [1.807, 2.05) is 13.0 Å². The fraction of sp³-hybridized carbons (Fsp3) is 0.133. The molecule has 0 fully saturated rings. The van der Waals surface area contributed by atoms with Crippen molar-refractivity contribution in [3.63, 3.8) is 0 Å². The first kappa shape index (κ1) is 14.7. The molecule has 0 bridgehead atoms. The Labute approximate surface area is 127 Å². The summed E-state index contributed by atoms with van der Waals surface area (Å²) in [6, 6.07) is 12.2. The number of ether oxygens (including phenoxy) is 1. The molecular formula is C15H13Cl2NO2. The van der Waals surface area contributed by atoms with E-state index in [-0.39, 0.29) is 12.5 Å². The summed E-state index contributed by atoms with van der Waals surface area (Å²) in [7, 11) is 0. The summed E-state index contributed by atoms with van der Waals surface area (Å²) in [5, 5.41) is 3.89. The fourth-order valence-corrected chi connectivity index (χ4v) is 1.97.